The van der Waals surface area contributed by atoms with Crippen molar-refractivity contribution >= 4 is 11.9 Å². The maximum Gasteiger partial charge on any atom is 0.306 e. The first-order valence-corrected chi connectivity index (χ1v) is 8.32. The first-order chi connectivity index (χ1) is 10.1. The minimum Gasteiger partial charge on any atom is -0.481 e. The highest BCUT2D eigenvalue weighted by atomic mass is 16.4. The van der Waals surface area contributed by atoms with E-state index in [0.29, 0.717) is 25.3 Å². The summed E-state index contributed by atoms with van der Waals surface area (Å²) in [4.78, 5) is 25.3. The number of nitrogens with zero attached hydrogens (tertiary/aromatic N) is 1. The molecule has 1 saturated carbocycles. The molecule has 2 unspecified atom stereocenters. The van der Waals surface area contributed by atoms with Crippen LogP contribution in [-0.4, -0.2) is 47.1 Å². The van der Waals surface area contributed by atoms with E-state index in [1.807, 2.05) is 0 Å². The Labute approximate surface area is 127 Å². The van der Waals surface area contributed by atoms with E-state index in [4.69, 9.17) is 5.11 Å². The predicted octanol–water partition coefficient (Wildman–Crippen LogP) is 2.01. The Bertz CT molecular complexity index is 367. The monoisotopic (exact) mass is 296 g/mol. The van der Waals surface area contributed by atoms with Gasteiger partial charge in [0.05, 0.1) is 5.92 Å². The van der Waals surface area contributed by atoms with Crippen LogP contribution in [0.3, 0.4) is 0 Å². The highest BCUT2D eigenvalue weighted by Gasteiger charge is 2.29. The summed E-state index contributed by atoms with van der Waals surface area (Å²) in [5.41, 5.74) is 0. The van der Waals surface area contributed by atoms with Crippen molar-refractivity contribution in [3.8, 4) is 0 Å². The predicted molar refractivity (Wildman–Crippen MR) is 81.0 cm³/mol. The normalized spacial score (nSPS) is 28.2. The third-order valence-electron chi connectivity index (χ3n) is 4.96. The molecule has 2 N–H and O–H groups in total. The van der Waals surface area contributed by atoms with Crippen molar-refractivity contribution < 1.29 is 14.7 Å². The summed E-state index contributed by atoms with van der Waals surface area (Å²) < 4.78 is 0. The number of hydrogen-bond donors (Lipinski definition) is 2. The van der Waals surface area contributed by atoms with Crippen LogP contribution in [0.5, 0.6) is 0 Å². The lowest BCUT2D eigenvalue weighted by Gasteiger charge is -2.36. The average Bonchev–Trinajstić information content (AvgIpc) is 2.47. The van der Waals surface area contributed by atoms with Gasteiger partial charge in [0, 0.05) is 25.0 Å². The number of amides is 1. The number of carboxylic acid groups (broad SMARTS) is 1. The van der Waals surface area contributed by atoms with E-state index >= 15 is 0 Å². The Hall–Kier alpha value is -1.10. The Morgan fingerprint density at radius 2 is 1.90 bits per heavy atom. The largest absolute Gasteiger partial charge is 0.481 e. The molecule has 2 rings (SSSR count). The molecular formula is C16H28N2O3. The zero-order chi connectivity index (χ0) is 15.2. The lowest BCUT2D eigenvalue weighted by atomic mass is 9.91. The van der Waals surface area contributed by atoms with E-state index in [1.54, 1.807) is 0 Å². The van der Waals surface area contributed by atoms with E-state index < -0.39 is 5.97 Å². The van der Waals surface area contributed by atoms with Crippen molar-refractivity contribution in [3.05, 3.63) is 0 Å². The lowest BCUT2D eigenvalue weighted by Crippen LogP contribution is -2.45. The van der Waals surface area contributed by atoms with Crippen molar-refractivity contribution in [2.24, 2.45) is 5.92 Å². The molecule has 5 heteroatoms. The minimum absolute atomic E-state index is 0.148. The Morgan fingerprint density at radius 1 is 1.19 bits per heavy atom. The van der Waals surface area contributed by atoms with Crippen LogP contribution < -0.4 is 5.32 Å². The van der Waals surface area contributed by atoms with Gasteiger partial charge in [-0.3, -0.25) is 9.59 Å². The summed E-state index contributed by atoms with van der Waals surface area (Å²) >= 11 is 0. The Kier molecular flexibility index (Phi) is 6.03. The summed E-state index contributed by atoms with van der Waals surface area (Å²) in [5, 5.41) is 12.2. The molecule has 2 aliphatic rings. The number of nitrogens with one attached hydrogen (secondary N) is 1. The van der Waals surface area contributed by atoms with Crippen LogP contribution in [-0.2, 0) is 9.59 Å². The smallest absolute Gasteiger partial charge is 0.306 e. The molecule has 1 aliphatic carbocycles. The second-order valence-electron chi connectivity index (χ2n) is 6.60. The van der Waals surface area contributed by atoms with Crippen molar-refractivity contribution in [1.82, 2.24) is 10.2 Å². The van der Waals surface area contributed by atoms with Gasteiger partial charge in [-0.15, -0.1) is 0 Å². The van der Waals surface area contributed by atoms with Gasteiger partial charge in [-0.2, -0.15) is 0 Å². The fraction of sp³-hybridized carbons (Fsp3) is 0.875. The second-order valence-corrected chi connectivity index (χ2v) is 6.60. The summed E-state index contributed by atoms with van der Waals surface area (Å²) in [6.07, 6.45) is 7.90. The number of carbonyl (C=O) groups excluding carboxylic acids is 1. The van der Waals surface area contributed by atoms with Crippen LogP contribution in [0, 0.1) is 5.92 Å². The number of likely N-dealkylation sites (tertiary alicyclic amines) is 1. The van der Waals surface area contributed by atoms with Gasteiger partial charge in [-0.05, 0) is 39.2 Å². The average molecular weight is 296 g/mol. The molecule has 2 fully saturated rings. The van der Waals surface area contributed by atoms with Crippen molar-refractivity contribution in [3.63, 3.8) is 0 Å². The van der Waals surface area contributed by atoms with E-state index in [1.165, 1.54) is 19.3 Å². The quantitative estimate of drug-likeness (QED) is 0.814. The van der Waals surface area contributed by atoms with Crippen molar-refractivity contribution in [2.45, 2.75) is 70.4 Å². The highest BCUT2D eigenvalue weighted by Crippen LogP contribution is 2.23. The van der Waals surface area contributed by atoms with Gasteiger partial charge in [0.1, 0.15) is 0 Å². The number of piperidine rings is 1. The number of carboxylic acids is 1. The summed E-state index contributed by atoms with van der Waals surface area (Å²) in [5.74, 6) is -0.752. The van der Waals surface area contributed by atoms with Gasteiger partial charge in [0.25, 0.3) is 0 Å². The molecule has 21 heavy (non-hydrogen) atoms. The fourth-order valence-corrected chi connectivity index (χ4v) is 3.57. The number of aliphatic carboxylic acids is 1. The summed E-state index contributed by atoms with van der Waals surface area (Å²) in [6, 6.07) is 0.628. The molecule has 0 bridgehead atoms. The second kappa shape index (κ2) is 7.78. The topological polar surface area (TPSA) is 69.6 Å². The van der Waals surface area contributed by atoms with Gasteiger partial charge in [0.15, 0.2) is 0 Å². The summed E-state index contributed by atoms with van der Waals surface area (Å²) in [7, 11) is 0. The van der Waals surface area contributed by atoms with E-state index in [9.17, 15) is 9.59 Å². The maximum atomic E-state index is 12.0. The van der Waals surface area contributed by atoms with Crippen LogP contribution >= 0.6 is 0 Å². The third kappa shape index (κ3) is 4.99. The van der Waals surface area contributed by atoms with Gasteiger partial charge < -0.3 is 15.3 Å². The lowest BCUT2D eigenvalue weighted by molar-refractivity contribution is -0.144. The van der Waals surface area contributed by atoms with Crippen molar-refractivity contribution in [2.75, 3.05) is 13.1 Å². The van der Waals surface area contributed by atoms with Gasteiger partial charge in [-0.25, -0.2) is 0 Å². The molecular weight excluding hydrogens is 268 g/mol. The zero-order valence-corrected chi connectivity index (χ0v) is 13.0. The van der Waals surface area contributed by atoms with Gasteiger partial charge >= 0.3 is 5.97 Å². The van der Waals surface area contributed by atoms with Crippen LogP contribution in [0.1, 0.15) is 58.3 Å². The molecule has 1 aliphatic heterocycles. The summed E-state index contributed by atoms with van der Waals surface area (Å²) in [6.45, 7) is 3.59. The SMILES string of the molecule is CC1CC(C(=O)O)CCN1CCC(=O)NC1CCCCC1. The van der Waals surface area contributed by atoms with Crippen LogP contribution in [0.15, 0.2) is 0 Å². The molecule has 0 radical (unpaired) electrons. The standard InChI is InChI=1S/C16H28N2O3/c1-12-11-13(16(20)21)7-9-18(12)10-8-15(19)17-14-5-3-2-4-6-14/h12-14H,2-11H2,1H3,(H,17,19)(H,20,21). The van der Waals surface area contributed by atoms with Gasteiger partial charge in [-0.1, -0.05) is 19.3 Å². The first kappa shape index (κ1) is 16.3. The van der Waals surface area contributed by atoms with Crippen LogP contribution in [0.4, 0.5) is 0 Å². The molecule has 2 atom stereocenters. The third-order valence-corrected chi connectivity index (χ3v) is 4.96. The molecule has 0 aromatic carbocycles. The molecule has 0 aromatic heterocycles. The van der Waals surface area contributed by atoms with E-state index in [2.05, 4.69) is 17.1 Å². The highest BCUT2D eigenvalue weighted by molar-refractivity contribution is 5.76. The Balaban J connectivity index is 1.68. The van der Waals surface area contributed by atoms with Gasteiger partial charge in [0.2, 0.25) is 5.91 Å². The minimum atomic E-state index is -0.684. The number of carbonyl (C=O) groups is 2. The number of rotatable bonds is 5. The van der Waals surface area contributed by atoms with Crippen LogP contribution in [0.2, 0.25) is 0 Å². The Morgan fingerprint density at radius 3 is 2.52 bits per heavy atom. The van der Waals surface area contributed by atoms with E-state index in [-0.39, 0.29) is 17.9 Å². The fourth-order valence-electron chi connectivity index (χ4n) is 3.57. The zero-order valence-electron chi connectivity index (χ0n) is 13.0. The number of hydrogen-bond acceptors (Lipinski definition) is 3. The molecule has 0 spiro atoms. The maximum absolute atomic E-state index is 12.0. The molecule has 120 valence electrons. The molecule has 1 heterocycles. The van der Waals surface area contributed by atoms with E-state index in [0.717, 1.165) is 25.9 Å². The van der Waals surface area contributed by atoms with Crippen molar-refractivity contribution in [1.29, 1.82) is 0 Å². The molecule has 1 amide bonds. The molecule has 1 saturated heterocycles. The molecule has 5 nitrogen and oxygen atoms in total. The molecule has 0 aromatic rings. The first-order valence-electron chi connectivity index (χ1n) is 8.32. The van der Waals surface area contributed by atoms with Crippen LogP contribution in [0.25, 0.3) is 0 Å².